The number of hydrogen-bond acceptors (Lipinski definition) is 4. The number of hydrogen-bond donors (Lipinski definition) is 1. The van der Waals surface area contributed by atoms with Gasteiger partial charge in [0.25, 0.3) is 5.56 Å². The first-order chi connectivity index (χ1) is 11.7. The number of para-hydroxylation sites is 1. The van der Waals surface area contributed by atoms with Crippen LogP contribution >= 0.6 is 15.9 Å². The molecule has 4 rings (SSSR count). The van der Waals surface area contributed by atoms with E-state index in [1.807, 2.05) is 42.5 Å². The minimum absolute atomic E-state index is 0.202. The van der Waals surface area contributed by atoms with Crippen molar-refractivity contribution in [2.45, 2.75) is 6.42 Å². The average molecular weight is 385 g/mol. The molecule has 0 amide bonds. The molecule has 0 saturated carbocycles. The highest BCUT2D eigenvalue weighted by atomic mass is 79.9. The number of halogens is 1. The van der Waals surface area contributed by atoms with Gasteiger partial charge in [0.2, 0.25) is 5.88 Å². The molecule has 0 aliphatic carbocycles. The maximum Gasteiger partial charge on any atom is 0.258 e. The lowest BCUT2D eigenvalue weighted by atomic mass is 10.0. The van der Waals surface area contributed by atoms with Crippen molar-refractivity contribution >= 4 is 15.9 Å². The van der Waals surface area contributed by atoms with E-state index in [4.69, 9.17) is 9.47 Å². The second-order valence-corrected chi connectivity index (χ2v) is 6.35. The molecule has 3 aromatic rings. The zero-order valence-electron chi connectivity index (χ0n) is 12.8. The Morgan fingerprint density at radius 2 is 2.08 bits per heavy atom. The van der Waals surface area contributed by atoms with Gasteiger partial charge in [-0.05, 0) is 29.8 Å². The molecule has 0 fully saturated rings. The van der Waals surface area contributed by atoms with Gasteiger partial charge in [-0.25, -0.2) is 0 Å². The molecule has 2 aromatic carbocycles. The van der Waals surface area contributed by atoms with Crippen molar-refractivity contribution in [3.63, 3.8) is 0 Å². The van der Waals surface area contributed by atoms with Crippen LogP contribution in [0, 0.1) is 0 Å². The summed E-state index contributed by atoms with van der Waals surface area (Å²) in [7, 11) is 1.58. The van der Waals surface area contributed by atoms with E-state index >= 15 is 0 Å². The summed E-state index contributed by atoms with van der Waals surface area (Å²) >= 11 is 3.43. The normalized spacial score (nSPS) is 12.1. The predicted octanol–water partition coefficient (Wildman–Crippen LogP) is 3.90. The number of benzene rings is 2. The topological polar surface area (TPSA) is 64.2 Å². The maximum atomic E-state index is 12.5. The van der Waals surface area contributed by atoms with E-state index < -0.39 is 0 Å². The third-order valence-electron chi connectivity index (χ3n) is 3.94. The molecule has 1 aliphatic heterocycles. The van der Waals surface area contributed by atoms with Gasteiger partial charge in [-0.1, -0.05) is 34.1 Å². The molecule has 0 atom stereocenters. The highest BCUT2D eigenvalue weighted by molar-refractivity contribution is 9.10. The zero-order valence-corrected chi connectivity index (χ0v) is 14.4. The minimum Gasteiger partial charge on any atom is -0.496 e. The lowest BCUT2D eigenvalue weighted by Gasteiger charge is -2.19. The Bertz CT molecular complexity index is 998. The van der Waals surface area contributed by atoms with Crippen LogP contribution in [0.3, 0.4) is 0 Å². The molecule has 2 heterocycles. The lowest BCUT2D eigenvalue weighted by Crippen LogP contribution is -2.20. The van der Waals surface area contributed by atoms with Crippen LogP contribution in [0.1, 0.15) is 11.1 Å². The predicted molar refractivity (Wildman–Crippen MR) is 93.9 cm³/mol. The number of H-pyrrole nitrogens is 1. The Morgan fingerprint density at radius 1 is 1.25 bits per heavy atom. The fourth-order valence-electron chi connectivity index (χ4n) is 2.75. The maximum absolute atomic E-state index is 12.5. The summed E-state index contributed by atoms with van der Waals surface area (Å²) in [4.78, 5) is 19.9. The number of rotatable bonds is 2. The van der Waals surface area contributed by atoms with E-state index in [0.717, 1.165) is 15.8 Å². The minimum atomic E-state index is -0.202. The summed E-state index contributed by atoms with van der Waals surface area (Å²) in [6.45, 7) is 0. The molecule has 6 heteroatoms. The quantitative estimate of drug-likeness (QED) is 0.569. The molecule has 1 aliphatic rings. The van der Waals surface area contributed by atoms with Gasteiger partial charge in [-0.15, -0.1) is 0 Å². The Kier molecular flexibility index (Phi) is 3.61. The average Bonchev–Trinajstić information content (AvgIpc) is 2.60. The third-order valence-corrected chi connectivity index (χ3v) is 4.43. The first-order valence-electron chi connectivity index (χ1n) is 7.38. The number of aromatic amines is 1. The number of ether oxygens (including phenoxy) is 2. The SMILES string of the molecule is COc1ccc(Br)cc1-c1nc2c(c(=O)[nH]1)Cc1ccccc1O2. The van der Waals surface area contributed by atoms with Crippen molar-refractivity contribution in [2.75, 3.05) is 7.11 Å². The Balaban J connectivity index is 1.86. The van der Waals surface area contributed by atoms with Gasteiger partial charge in [0.15, 0.2) is 0 Å². The van der Waals surface area contributed by atoms with Gasteiger partial charge in [0, 0.05) is 10.9 Å². The molecule has 0 spiro atoms. The fraction of sp³-hybridized carbons (Fsp3) is 0.111. The first-order valence-corrected chi connectivity index (χ1v) is 8.18. The number of aromatic nitrogens is 2. The van der Waals surface area contributed by atoms with E-state index in [1.54, 1.807) is 7.11 Å². The van der Waals surface area contributed by atoms with Crippen molar-refractivity contribution in [2.24, 2.45) is 0 Å². The number of nitrogens with one attached hydrogen (secondary N) is 1. The first kappa shape index (κ1) is 15.0. The number of fused-ring (bicyclic) bond motifs is 2. The second-order valence-electron chi connectivity index (χ2n) is 5.43. The van der Waals surface area contributed by atoms with E-state index in [0.29, 0.717) is 35.0 Å². The Hall–Kier alpha value is -2.60. The van der Waals surface area contributed by atoms with Crippen molar-refractivity contribution < 1.29 is 9.47 Å². The summed E-state index contributed by atoms with van der Waals surface area (Å²) in [6.07, 6.45) is 0.504. The fourth-order valence-corrected chi connectivity index (χ4v) is 3.12. The van der Waals surface area contributed by atoms with Crippen molar-refractivity contribution in [1.29, 1.82) is 0 Å². The smallest absolute Gasteiger partial charge is 0.258 e. The summed E-state index contributed by atoms with van der Waals surface area (Å²) in [5.41, 5.74) is 2.00. The molecule has 1 N–H and O–H groups in total. The molecule has 0 unspecified atom stereocenters. The largest absolute Gasteiger partial charge is 0.496 e. The zero-order chi connectivity index (χ0) is 16.7. The van der Waals surface area contributed by atoms with E-state index in [1.165, 1.54) is 0 Å². The Morgan fingerprint density at radius 3 is 2.92 bits per heavy atom. The van der Waals surface area contributed by atoms with Crippen molar-refractivity contribution in [3.8, 4) is 28.8 Å². The van der Waals surface area contributed by atoms with Gasteiger partial charge in [0.1, 0.15) is 17.3 Å². The lowest BCUT2D eigenvalue weighted by molar-refractivity contribution is 0.415. The second kappa shape index (κ2) is 5.79. The third kappa shape index (κ3) is 2.49. The summed E-state index contributed by atoms with van der Waals surface area (Å²) < 4.78 is 12.1. The van der Waals surface area contributed by atoms with Gasteiger partial charge in [0.05, 0.1) is 18.2 Å². The Labute approximate surface area is 146 Å². The molecular weight excluding hydrogens is 372 g/mol. The molecule has 0 saturated heterocycles. The van der Waals surface area contributed by atoms with Crippen LogP contribution in [0.4, 0.5) is 0 Å². The summed E-state index contributed by atoms with van der Waals surface area (Å²) in [5, 5.41) is 0. The molecule has 5 nitrogen and oxygen atoms in total. The van der Waals surface area contributed by atoms with Crippen LogP contribution in [0.25, 0.3) is 11.4 Å². The molecule has 120 valence electrons. The van der Waals surface area contributed by atoms with Crippen LogP contribution in [0.15, 0.2) is 51.7 Å². The monoisotopic (exact) mass is 384 g/mol. The van der Waals surface area contributed by atoms with E-state index in [9.17, 15) is 4.79 Å². The summed E-state index contributed by atoms with van der Waals surface area (Å²) in [5.74, 6) is 2.11. The van der Waals surface area contributed by atoms with Crippen LogP contribution < -0.4 is 15.0 Å². The van der Waals surface area contributed by atoms with Gasteiger partial charge < -0.3 is 14.5 Å². The van der Waals surface area contributed by atoms with Crippen LogP contribution in [-0.4, -0.2) is 17.1 Å². The molecular formula is C18H13BrN2O3. The van der Waals surface area contributed by atoms with E-state index in [-0.39, 0.29) is 5.56 Å². The number of methoxy groups -OCH3 is 1. The standard InChI is InChI=1S/C18H13BrN2O3/c1-23-15-7-6-11(19)9-12(15)16-20-17(22)13-8-10-4-2-3-5-14(10)24-18(13)21-16/h2-7,9H,8H2,1H3,(H,20,21,22). The van der Waals surface area contributed by atoms with Crippen LogP contribution in [0.2, 0.25) is 0 Å². The molecule has 24 heavy (non-hydrogen) atoms. The summed E-state index contributed by atoms with van der Waals surface area (Å²) in [6, 6.07) is 13.2. The van der Waals surface area contributed by atoms with Crippen LogP contribution in [0.5, 0.6) is 17.4 Å². The van der Waals surface area contributed by atoms with E-state index in [2.05, 4.69) is 25.9 Å². The molecule has 1 aromatic heterocycles. The van der Waals surface area contributed by atoms with Gasteiger partial charge in [-0.3, -0.25) is 4.79 Å². The van der Waals surface area contributed by atoms with Gasteiger partial charge >= 0.3 is 0 Å². The molecule has 0 bridgehead atoms. The van der Waals surface area contributed by atoms with Gasteiger partial charge in [-0.2, -0.15) is 4.98 Å². The van der Waals surface area contributed by atoms with Crippen LogP contribution in [-0.2, 0) is 6.42 Å². The van der Waals surface area contributed by atoms with Crippen molar-refractivity contribution in [1.82, 2.24) is 9.97 Å². The highest BCUT2D eigenvalue weighted by Crippen LogP contribution is 2.36. The molecule has 0 radical (unpaired) electrons. The highest BCUT2D eigenvalue weighted by Gasteiger charge is 2.23. The number of nitrogens with zero attached hydrogens (tertiary/aromatic N) is 1. The van der Waals surface area contributed by atoms with Crippen molar-refractivity contribution in [3.05, 3.63) is 68.4 Å².